The largest absolute Gasteiger partial charge is 0.347 e. The number of carbonyl (C=O) groups is 3. The van der Waals surface area contributed by atoms with Crippen molar-refractivity contribution in [1.82, 2.24) is 25.4 Å². The molecule has 4 amide bonds. The Bertz CT molecular complexity index is 1590. The first-order valence-corrected chi connectivity index (χ1v) is 13.0. The molecule has 4 aromatic rings. The first-order valence-electron chi connectivity index (χ1n) is 12.2. The predicted molar refractivity (Wildman–Crippen MR) is 146 cm³/mol. The SMILES string of the molecule is C=CC(=O)N1CCC[C@@H](NC(=O)c2sc3nccc4c3c2NC(=O)N4c2cnnc(-c3ccccc3)c2)C1. The number of thiophene rings is 1. The zero-order valence-corrected chi connectivity index (χ0v) is 21.1. The fourth-order valence-electron chi connectivity index (χ4n) is 4.90. The first kappa shape index (κ1) is 23.7. The van der Waals surface area contributed by atoms with Crippen molar-refractivity contribution < 1.29 is 14.4 Å². The zero-order valence-electron chi connectivity index (χ0n) is 20.3. The Kier molecular flexibility index (Phi) is 6.04. The van der Waals surface area contributed by atoms with Gasteiger partial charge in [0.25, 0.3) is 5.91 Å². The van der Waals surface area contributed by atoms with E-state index in [0.29, 0.717) is 50.9 Å². The van der Waals surface area contributed by atoms with Crippen molar-refractivity contribution in [1.29, 1.82) is 0 Å². The van der Waals surface area contributed by atoms with Crippen LogP contribution in [-0.2, 0) is 4.79 Å². The first-order chi connectivity index (χ1) is 18.5. The van der Waals surface area contributed by atoms with E-state index in [2.05, 4.69) is 32.4 Å². The van der Waals surface area contributed by atoms with Gasteiger partial charge in [0.15, 0.2) is 0 Å². The number of benzene rings is 1. The lowest BCUT2D eigenvalue weighted by atomic mass is 10.1. The molecule has 0 unspecified atom stereocenters. The van der Waals surface area contributed by atoms with Crippen LogP contribution in [0.25, 0.3) is 21.5 Å². The number of pyridine rings is 1. The fourth-order valence-corrected chi connectivity index (χ4v) is 5.93. The van der Waals surface area contributed by atoms with Crippen LogP contribution in [0.5, 0.6) is 0 Å². The van der Waals surface area contributed by atoms with Gasteiger partial charge in [-0.15, -0.1) is 11.3 Å². The van der Waals surface area contributed by atoms with Gasteiger partial charge in [-0.1, -0.05) is 36.9 Å². The molecular formula is C27H23N7O3S. The molecule has 3 aromatic heterocycles. The second kappa shape index (κ2) is 9.67. The Morgan fingerprint density at radius 3 is 2.87 bits per heavy atom. The molecule has 0 radical (unpaired) electrons. The molecule has 0 aliphatic carbocycles. The van der Waals surface area contributed by atoms with Crippen LogP contribution in [0.2, 0.25) is 0 Å². The Balaban J connectivity index is 1.33. The highest BCUT2D eigenvalue weighted by molar-refractivity contribution is 7.21. The van der Waals surface area contributed by atoms with Gasteiger partial charge < -0.3 is 15.5 Å². The number of amides is 4. The van der Waals surface area contributed by atoms with Crippen LogP contribution in [0.3, 0.4) is 0 Å². The summed E-state index contributed by atoms with van der Waals surface area (Å²) < 4.78 is 0. The molecule has 1 atom stereocenters. The van der Waals surface area contributed by atoms with Gasteiger partial charge in [0.05, 0.1) is 34.3 Å². The molecule has 0 spiro atoms. The lowest BCUT2D eigenvalue weighted by Gasteiger charge is -2.32. The quantitative estimate of drug-likeness (QED) is 0.374. The van der Waals surface area contributed by atoms with Crippen molar-refractivity contribution in [3.63, 3.8) is 0 Å². The Labute approximate surface area is 222 Å². The maximum absolute atomic E-state index is 13.4. The van der Waals surface area contributed by atoms with Crippen molar-refractivity contribution in [2.24, 2.45) is 0 Å². The molecule has 0 saturated carbocycles. The van der Waals surface area contributed by atoms with Gasteiger partial charge in [0.2, 0.25) is 5.91 Å². The summed E-state index contributed by atoms with van der Waals surface area (Å²) in [6.07, 6.45) is 5.98. The van der Waals surface area contributed by atoms with Crippen LogP contribution in [0.4, 0.5) is 21.9 Å². The van der Waals surface area contributed by atoms with E-state index >= 15 is 0 Å². The molecule has 1 aromatic carbocycles. The van der Waals surface area contributed by atoms with Crippen molar-refractivity contribution in [3.8, 4) is 11.3 Å². The minimum absolute atomic E-state index is 0.150. The van der Waals surface area contributed by atoms with E-state index in [1.165, 1.54) is 28.5 Å². The second-order valence-corrected chi connectivity index (χ2v) is 10.0. The molecular weight excluding hydrogens is 502 g/mol. The number of carbonyl (C=O) groups excluding carboxylic acids is 3. The molecule has 1 fully saturated rings. The summed E-state index contributed by atoms with van der Waals surface area (Å²) in [5.41, 5.74) is 3.10. The van der Waals surface area contributed by atoms with Crippen LogP contribution >= 0.6 is 11.3 Å². The second-order valence-electron chi connectivity index (χ2n) is 9.05. The van der Waals surface area contributed by atoms with E-state index in [4.69, 9.17) is 0 Å². The molecule has 6 rings (SSSR count). The number of nitrogens with zero attached hydrogens (tertiary/aromatic N) is 5. The van der Waals surface area contributed by atoms with E-state index in [1.807, 2.05) is 30.3 Å². The average molecular weight is 526 g/mol. The lowest BCUT2D eigenvalue weighted by molar-refractivity contribution is -0.127. The monoisotopic (exact) mass is 525 g/mol. The van der Waals surface area contributed by atoms with Gasteiger partial charge >= 0.3 is 6.03 Å². The van der Waals surface area contributed by atoms with Crippen molar-refractivity contribution in [2.75, 3.05) is 23.3 Å². The van der Waals surface area contributed by atoms with Gasteiger partial charge in [-0.05, 0) is 31.1 Å². The van der Waals surface area contributed by atoms with Crippen LogP contribution in [0.15, 0.2) is 67.5 Å². The Morgan fingerprint density at radius 2 is 2.05 bits per heavy atom. The van der Waals surface area contributed by atoms with E-state index in [1.54, 1.807) is 23.2 Å². The van der Waals surface area contributed by atoms with Gasteiger partial charge in [-0.25, -0.2) is 9.78 Å². The summed E-state index contributed by atoms with van der Waals surface area (Å²) in [5, 5.41) is 15.0. The van der Waals surface area contributed by atoms with E-state index < -0.39 is 6.03 Å². The molecule has 38 heavy (non-hydrogen) atoms. The maximum Gasteiger partial charge on any atom is 0.331 e. The molecule has 2 N–H and O–H groups in total. The zero-order chi connectivity index (χ0) is 26.2. The molecule has 0 bridgehead atoms. The Morgan fingerprint density at radius 1 is 1.21 bits per heavy atom. The molecule has 190 valence electrons. The summed E-state index contributed by atoms with van der Waals surface area (Å²) in [6.45, 7) is 4.61. The van der Waals surface area contributed by atoms with Crippen LogP contribution < -0.4 is 15.5 Å². The van der Waals surface area contributed by atoms with Gasteiger partial charge in [-0.2, -0.15) is 10.2 Å². The van der Waals surface area contributed by atoms with Gasteiger partial charge in [0.1, 0.15) is 9.71 Å². The van der Waals surface area contributed by atoms with Crippen molar-refractivity contribution in [2.45, 2.75) is 18.9 Å². The summed E-state index contributed by atoms with van der Waals surface area (Å²) in [6, 6.07) is 12.5. The molecule has 1 saturated heterocycles. The highest BCUT2D eigenvalue weighted by Gasteiger charge is 2.34. The summed E-state index contributed by atoms with van der Waals surface area (Å²) in [5.74, 6) is -0.458. The molecule has 5 heterocycles. The minimum Gasteiger partial charge on any atom is -0.347 e. The number of likely N-dealkylation sites (tertiary alicyclic amines) is 1. The number of urea groups is 1. The number of rotatable bonds is 5. The topological polar surface area (TPSA) is 120 Å². The summed E-state index contributed by atoms with van der Waals surface area (Å²) in [4.78, 5) is 47.5. The van der Waals surface area contributed by atoms with Crippen LogP contribution in [0, 0.1) is 0 Å². The third kappa shape index (κ3) is 4.16. The highest BCUT2D eigenvalue weighted by atomic mass is 32.1. The smallest absolute Gasteiger partial charge is 0.331 e. The lowest BCUT2D eigenvalue weighted by Crippen LogP contribution is -2.49. The summed E-state index contributed by atoms with van der Waals surface area (Å²) >= 11 is 1.22. The van der Waals surface area contributed by atoms with Crippen molar-refractivity contribution in [3.05, 3.63) is 72.4 Å². The molecule has 11 heteroatoms. The van der Waals surface area contributed by atoms with E-state index in [-0.39, 0.29) is 17.9 Å². The minimum atomic E-state index is -0.412. The number of aromatic nitrogens is 3. The van der Waals surface area contributed by atoms with Crippen molar-refractivity contribution >= 4 is 56.5 Å². The molecule has 10 nitrogen and oxygen atoms in total. The number of nitrogens with one attached hydrogen (secondary N) is 2. The molecule has 2 aliphatic heterocycles. The van der Waals surface area contributed by atoms with Gasteiger partial charge in [0, 0.05) is 30.9 Å². The summed E-state index contributed by atoms with van der Waals surface area (Å²) in [7, 11) is 0. The molecule has 2 aliphatic rings. The maximum atomic E-state index is 13.4. The predicted octanol–water partition coefficient (Wildman–Crippen LogP) is 4.34. The number of piperidine rings is 1. The third-order valence-electron chi connectivity index (χ3n) is 6.66. The van der Waals surface area contributed by atoms with E-state index in [9.17, 15) is 14.4 Å². The van der Waals surface area contributed by atoms with Crippen LogP contribution in [-0.4, -0.2) is 57.1 Å². The highest BCUT2D eigenvalue weighted by Crippen LogP contribution is 2.45. The fraction of sp³-hybridized carbons (Fsp3) is 0.185. The number of hydrogen-bond donors (Lipinski definition) is 2. The normalized spacial score (nSPS) is 16.7. The number of hydrogen-bond acceptors (Lipinski definition) is 7. The average Bonchev–Trinajstić information content (AvgIpc) is 3.33. The Hall–Kier alpha value is -4.64. The van der Waals surface area contributed by atoms with Crippen LogP contribution in [0.1, 0.15) is 22.5 Å². The van der Waals surface area contributed by atoms with E-state index in [0.717, 1.165) is 18.4 Å². The standard InChI is InChI=1S/C27H23N7O3S/c1-2-21(35)33-12-6-9-17(15-33)30-25(36)24-23-22-20(10-11-28-26(22)38-24)34(27(37)31-23)18-13-19(32-29-14-18)16-7-4-3-5-8-16/h2-5,7-8,10-11,13-14,17H,1,6,9,12,15H2,(H,30,36)(H,31,37)/t17-/m1/s1. The number of anilines is 3. The third-order valence-corrected chi connectivity index (χ3v) is 7.76. The van der Waals surface area contributed by atoms with Gasteiger partial charge in [-0.3, -0.25) is 14.5 Å².